The molecule has 2 aromatic heterocycles. The van der Waals surface area contributed by atoms with Gasteiger partial charge in [0.25, 0.3) is 5.91 Å². The number of amides is 1. The van der Waals surface area contributed by atoms with Crippen molar-refractivity contribution in [1.29, 1.82) is 0 Å². The van der Waals surface area contributed by atoms with Crippen molar-refractivity contribution in [2.45, 2.75) is 13.8 Å². The van der Waals surface area contributed by atoms with E-state index in [9.17, 15) is 4.79 Å². The SMILES string of the molecule is COc1cccc(C(=O)Nc2ccc(Oc3ccc(-n4cnc(C)c4C)nn3)cc2)c1OC. The molecule has 0 aliphatic rings. The van der Waals surface area contributed by atoms with Crippen LogP contribution in [0, 0.1) is 13.8 Å². The first-order chi connectivity index (χ1) is 16.0. The molecule has 2 aromatic carbocycles. The van der Waals surface area contributed by atoms with Crippen LogP contribution in [-0.2, 0) is 0 Å². The summed E-state index contributed by atoms with van der Waals surface area (Å²) >= 11 is 0. The molecular formula is C24H23N5O4. The van der Waals surface area contributed by atoms with Crippen LogP contribution in [0.3, 0.4) is 0 Å². The summed E-state index contributed by atoms with van der Waals surface area (Å²) in [6.07, 6.45) is 1.71. The van der Waals surface area contributed by atoms with E-state index in [1.165, 1.54) is 14.2 Å². The van der Waals surface area contributed by atoms with Crippen LogP contribution in [0.2, 0.25) is 0 Å². The third kappa shape index (κ3) is 4.62. The fourth-order valence-corrected chi connectivity index (χ4v) is 3.22. The zero-order valence-corrected chi connectivity index (χ0v) is 18.7. The number of methoxy groups -OCH3 is 2. The van der Waals surface area contributed by atoms with E-state index in [-0.39, 0.29) is 5.91 Å². The Kier molecular flexibility index (Phi) is 6.21. The van der Waals surface area contributed by atoms with Crippen LogP contribution in [-0.4, -0.2) is 39.9 Å². The number of benzene rings is 2. The van der Waals surface area contributed by atoms with Gasteiger partial charge in [-0.2, -0.15) is 0 Å². The Hall–Kier alpha value is -4.40. The fraction of sp³-hybridized carbons (Fsp3) is 0.167. The summed E-state index contributed by atoms with van der Waals surface area (Å²) in [5.74, 6) is 2.12. The van der Waals surface area contributed by atoms with Gasteiger partial charge in [-0.05, 0) is 56.3 Å². The fourth-order valence-electron chi connectivity index (χ4n) is 3.22. The van der Waals surface area contributed by atoms with Crippen molar-refractivity contribution in [3.8, 4) is 28.9 Å². The van der Waals surface area contributed by atoms with Gasteiger partial charge in [-0.15, -0.1) is 10.2 Å². The number of aromatic nitrogens is 4. The van der Waals surface area contributed by atoms with Crippen molar-refractivity contribution >= 4 is 11.6 Å². The second-order valence-electron chi connectivity index (χ2n) is 7.14. The highest BCUT2D eigenvalue weighted by Gasteiger charge is 2.16. The van der Waals surface area contributed by atoms with Gasteiger partial charge in [0.2, 0.25) is 5.88 Å². The van der Waals surface area contributed by atoms with E-state index in [1.54, 1.807) is 54.9 Å². The number of anilines is 1. The molecule has 0 atom stereocenters. The minimum atomic E-state index is -0.314. The van der Waals surface area contributed by atoms with Crippen LogP contribution in [0.25, 0.3) is 5.82 Å². The molecule has 33 heavy (non-hydrogen) atoms. The number of nitrogens with one attached hydrogen (secondary N) is 1. The number of hydrogen-bond acceptors (Lipinski definition) is 7. The molecular weight excluding hydrogens is 422 g/mol. The van der Waals surface area contributed by atoms with Gasteiger partial charge in [-0.3, -0.25) is 9.36 Å². The second-order valence-corrected chi connectivity index (χ2v) is 7.14. The molecule has 0 aliphatic carbocycles. The minimum Gasteiger partial charge on any atom is -0.493 e. The summed E-state index contributed by atoms with van der Waals surface area (Å²) in [4.78, 5) is 17.0. The van der Waals surface area contributed by atoms with Crippen molar-refractivity contribution < 1.29 is 19.0 Å². The van der Waals surface area contributed by atoms with E-state index in [1.807, 2.05) is 24.5 Å². The van der Waals surface area contributed by atoms with Crippen molar-refractivity contribution in [3.63, 3.8) is 0 Å². The summed E-state index contributed by atoms with van der Waals surface area (Å²) in [5, 5.41) is 11.2. The van der Waals surface area contributed by atoms with Gasteiger partial charge in [-0.25, -0.2) is 4.98 Å². The molecule has 0 bridgehead atoms. The number of ether oxygens (including phenoxy) is 3. The first-order valence-corrected chi connectivity index (χ1v) is 10.1. The number of imidazole rings is 1. The van der Waals surface area contributed by atoms with Crippen molar-refractivity contribution in [3.05, 3.63) is 77.9 Å². The number of hydrogen-bond donors (Lipinski definition) is 1. The normalized spacial score (nSPS) is 10.5. The Morgan fingerprint density at radius 1 is 0.939 bits per heavy atom. The largest absolute Gasteiger partial charge is 0.493 e. The first kappa shape index (κ1) is 21.8. The van der Waals surface area contributed by atoms with E-state index in [2.05, 4.69) is 20.5 Å². The number of rotatable bonds is 7. The maximum atomic E-state index is 12.7. The molecule has 0 unspecified atom stereocenters. The molecule has 9 heteroatoms. The Labute approximate surface area is 191 Å². The summed E-state index contributed by atoms with van der Waals surface area (Å²) in [6.45, 7) is 3.91. The van der Waals surface area contributed by atoms with Gasteiger partial charge >= 0.3 is 0 Å². The Bertz CT molecular complexity index is 1270. The number of carbonyl (C=O) groups is 1. The number of para-hydroxylation sites is 1. The molecule has 4 rings (SSSR count). The minimum absolute atomic E-state index is 0.314. The summed E-state index contributed by atoms with van der Waals surface area (Å²) < 4.78 is 18.2. The standard InChI is InChI=1S/C24H23N5O4/c1-15-16(2)29(14-25-15)21-12-13-22(28-27-21)33-18-10-8-17(9-11-18)26-24(30)19-6-5-7-20(31-3)23(19)32-4/h5-14H,1-4H3,(H,26,30). The van der Waals surface area contributed by atoms with E-state index in [4.69, 9.17) is 14.2 Å². The van der Waals surface area contributed by atoms with Crippen molar-refractivity contribution in [1.82, 2.24) is 19.7 Å². The molecule has 1 amide bonds. The molecule has 0 saturated carbocycles. The van der Waals surface area contributed by atoms with Crippen LogP contribution >= 0.6 is 0 Å². The number of nitrogens with zero attached hydrogens (tertiary/aromatic N) is 4. The lowest BCUT2D eigenvalue weighted by atomic mass is 10.1. The molecule has 4 aromatic rings. The Morgan fingerprint density at radius 3 is 2.33 bits per heavy atom. The molecule has 168 valence electrons. The average Bonchev–Trinajstić information content (AvgIpc) is 3.18. The highest BCUT2D eigenvalue weighted by Crippen LogP contribution is 2.31. The van der Waals surface area contributed by atoms with Gasteiger partial charge < -0.3 is 19.5 Å². The van der Waals surface area contributed by atoms with Crippen LogP contribution in [0.15, 0.2) is 60.9 Å². The summed E-state index contributed by atoms with van der Waals surface area (Å²) in [5.41, 5.74) is 2.91. The second kappa shape index (κ2) is 9.39. The molecule has 0 radical (unpaired) electrons. The smallest absolute Gasteiger partial charge is 0.259 e. The predicted octanol–water partition coefficient (Wildman–Crippen LogP) is 4.34. The van der Waals surface area contributed by atoms with Crippen LogP contribution in [0.5, 0.6) is 23.1 Å². The first-order valence-electron chi connectivity index (χ1n) is 10.1. The van der Waals surface area contributed by atoms with E-state index in [0.29, 0.717) is 40.2 Å². The van der Waals surface area contributed by atoms with Gasteiger partial charge in [0.05, 0.1) is 25.5 Å². The Morgan fingerprint density at radius 2 is 1.73 bits per heavy atom. The van der Waals surface area contributed by atoms with Crippen molar-refractivity contribution in [2.75, 3.05) is 19.5 Å². The van der Waals surface area contributed by atoms with E-state index < -0.39 is 0 Å². The molecule has 0 fully saturated rings. The van der Waals surface area contributed by atoms with Crippen LogP contribution in [0.1, 0.15) is 21.7 Å². The molecule has 0 aliphatic heterocycles. The lowest BCUT2D eigenvalue weighted by Gasteiger charge is -2.13. The highest BCUT2D eigenvalue weighted by atomic mass is 16.5. The highest BCUT2D eigenvalue weighted by molar-refractivity contribution is 6.06. The lowest BCUT2D eigenvalue weighted by Crippen LogP contribution is -2.13. The van der Waals surface area contributed by atoms with Crippen LogP contribution < -0.4 is 19.5 Å². The maximum Gasteiger partial charge on any atom is 0.259 e. The summed E-state index contributed by atoms with van der Waals surface area (Å²) in [6, 6.07) is 15.6. The quantitative estimate of drug-likeness (QED) is 0.452. The van der Waals surface area contributed by atoms with Crippen LogP contribution in [0.4, 0.5) is 5.69 Å². The topological polar surface area (TPSA) is 100 Å². The molecule has 0 spiro atoms. The third-order valence-electron chi connectivity index (χ3n) is 5.11. The lowest BCUT2D eigenvalue weighted by molar-refractivity contribution is 0.102. The van der Waals surface area contributed by atoms with Gasteiger partial charge in [0.1, 0.15) is 12.1 Å². The van der Waals surface area contributed by atoms with E-state index >= 15 is 0 Å². The summed E-state index contributed by atoms with van der Waals surface area (Å²) in [7, 11) is 3.02. The van der Waals surface area contributed by atoms with Gasteiger partial charge in [0, 0.05) is 17.4 Å². The third-order valence-corrected chi connectivity index (χ3v) is 5.11. The zero-order valence-electron chi connectivity index (χ0n) is 18.7. The predicted molar refractivity (Wildman–Crippen MR) is 123 cm³/mol. The molecule has 2 heterocycles. The Balaban J connectivity index is 1.43. The monoisotopic (exact) mass is 445 g/mol. The zero-order chi connectivity index (χ0) is 23.4. The average molecular weight is 445 g/mol. The number of aryl methyl sites for hydroxylation is 1. The number of carbonyl (C=O) groups excluding carboxylic acids is 1. The molecule has 9 nitrogen and oxygen atoms in total. The molecule has 0 saturated heterocycles. The van der Waals surface area contributed by atoms with Crippen molar-refractivity contribution in [2.24, 2.45) is 0 Å². The maximum absolute atomic E-state index is 12.7. The molecule has 1 N–H and O–H groups in total. The van der Waals surface area contributed by atoms with Gasteiger partial charge in [0.15, 0.2) is 17.3 Å². The van der Waals surface area contributed by atoms with Gasteiger partial charge in [-0.1, -0.05) is 6.07 Å². The van der Waals surface area contributed by atoms with E-state index in [0.717, 1.165) is 11.4 Å².